The summed E-state index contributed by atoms with van der Waals surface area (Å²) in [6.07, 6.45) is 6.31. The minimum atomic E-state index is -0.0826. The molecule has 2 fully saturated rings. The number of carbonyl (C=O) groups excluding carboxylic acids is 1. The third-order valence-electron chi connectivity index (χ3n) is 5.46. The average Bonchev–Trinajstić information content (AvgIpc) is 3.03. The highest BCUT2D eigenvalue weighted by Gasteiger charge is 2.43. The summed E-state index contributed by atoms with van der Waals surface area (Å²) in [5.74, 6) is 1.35. The highest BCUT2D eigenvalue weighted by molar-refractivity contribution is 5.89. The number of rotatable bonds is 5. The first-order chi connectivity index (χ1) is 12.3. The number of urea groups is 1. The number of nitrogens with one attached hydrogen (secondary N) is 3. The van der Waals surface area contributed by atoms with Gasteiger partial charge in [-0.15, -0.1) is 0 Å². The standard InChI is InChI=1S/C19H25N3O3/c1-24-16-6-2-5-14-18(16)12(11-21-14)7-8-20-19(23)22-15-10-17-13(15)4-3-9-25-17/h2,5-6,11,13,15,17,21H,3-4,7-10H2,1H3,(H2,20,22,23)/t13-,15+,17+/m0/s1. The fraction of sp³-hybridized carbons (Fsp3) is 0.526. The summed E-state index contributed by atoms with van der Waals surface area (Å²) in [4.78, 5) is 15.4. The van der Waals surface area contributed by atoms with Crippen LogP contribution in [0, 0.1) is 5.92 Å². The molecule has 1 aromatic carbocycles. The summed E-state index contributed by atoms with van der Waals surface area (Å²) in [6.45, 7) is 1.46. The molecule has 2 heterocycles. The van der Waals surface area contributed by atoms with Crippen molar-refractivity contribution in [2.45, 2.75) is 37.8 Å². The van der Waals surface area contributed by atoms with E-state index in [1.807, 2.05) is 24.4 Å². The van der Waals surface area contributed by atoms with Gasteiger partial charge in [-0.3, -0.25) is 0 Å². The van der Waals surface area contributed by atoms with Crippen LogP contribution in [0.1, 0.15) is 24.8 Å². The highest BCUT2D eigenvalue weighted by atomic mass is 16.5. The molecular formula is C19H25N3O3. The molecule has 1 aromatic heterocycles. The minimum absolute atomic E-state index is 0.0826. The highest BCUT2D eigenvalue weighted by Crippen LogP contribution is 2.37. The van der Waals surface area contributed by atoms with Crippen LogP contribution in [-0.4, -0.2) is 43.4 Å². The number of hydrogen-bond acceptors (Lipinski definition) is 3. The second-order valence-electron chi connectivity index (χ2n) is 6.90. The van der Waals surface area contributed by atoms with Crippen molar-refractivity contribution >= 4 is 16.9 Å². The second kappa shape index (κ2) is 6.96. The fourth-order valence-corrected chi connectivity index (χ4v) is 4.08. The Kier molecular flexibility index (Phi) is 4.53. The van der Waals surface area contributed by atoms with Gasteiger partial charge in [0.05, 0.1) is 13.2 Å². The van der Waals surface area contributed by atoms with Gasteiger partial charge in [0, 0.05) is 42.2 Å². The number of hydrogen-bond donors (Lipinski definition) is 3. The smallest absolute Gasteiger partial charge is 0.315 e. The maximum Gasteiger partial charge on any atom is 0.315 e. The Bertz CT molecular complexity index is 757. The molecule has 6 heteroatoms. The van der Waals surface area contributed by atoms with Gasteiger partial charge in [-0.1, -0.05) is 6.07 Å². The van der Waals surface area contributed by atoms with Crippen LogP contribution in [0.25, 0.3) is 10.9 Å². The van der Waals surface area contributed by atoms with Crippen molar-refractivity contribution in [2.24, 2.45) is 5.92 Å². The zero-order valence-corrected chi connectivity index (χ0v) is 14.5. The molecule has 0 radical (unpaired) electrons. The van der Waals surface area contributed by atoms with Crippen LogP contribution in [0.15, 0.2) is 24.4 Å². The molecule has 0 bridgehead atoms. The van der Waals surface area contributed by atoms with Gasteiger partial charge in [0.2, 0.25) is 0 Å². The maximum atomic E-state index is 12.1. The Morgan fingerprint density at radius 2 is 2.36 bits per heavy atom. The molecular weight excluding hydrogens is 318 g/mol. The van der Waals surface area contributed by atoms with E-state index in [-0.39, 0.29) is 12.1 Å². The van der Waals surface area contributed by atoms with Crippen molar-refractivity contribution in [2.75, 3.05) is 20.3 Å². The molecule has 4 rings (SSSR count). The lowest BCUT2D eigenvalue weighted by Crippen LogP contribution is -2.59. The normalized spacial score (nSPS) is 25.1. The maximum absolute atomic E-state index is 12.1. The molecule has 3 N–H and O–H groups in total. The Morgan fingerprint density at radius 3 is 3.20 bits per heavy atom. The Morgan fingerprint density at radius 1 is 1.44 bits per heavy atom. The van der Waals surface area contributed by atoms with Crippen molar-refractivity contribution in [3.8, 4) is 5.75 Å². The predicted octanol–water partition coefficient (Wildman–Crippen LogP) is 2.59. The fourth-order valence-electron chi connectivity index (χ4n) is 4.08. The van der Waals surface area contributed by atoms with Gasteiger partial charge in [-0.05, 0) is 43.4 Å². The molecule has 134 valence electrons. The van der Waals surface area contributed by atoms with Crippen molar-refractivity contribution in [3.63, 3.8) is 0 Å². The number of aromatic amines is 1. The zero-order chi connectivity index (χ0) is 17.2. The van der Waals surface area contributed by atoms with Crippen molar-refractivity contribution in [1.82, 2.24) is 15.6 Å². The molecule has 1 saturated heterocycles. The van der Waals surface area contributed by atoms with Crippen LogP contribution in [0.4, 0.5) is 4.79 Å². The Hall–Kier alpha value is -2.21. The monoisotopic (exact) mass is 343 g/mol. The van der Waals surface area contributed by atoms with Crippen LogP contribution >= 0.6 is 0 Å². The third kappa shape index (κ3) is 3.18. The molecule has 2 aliphatic rings. The second-order valence-corrected chi connectivity index (χ2v) is 6.90. The lowest BCUT2D eigenvalue weighted by atomic mass is 9.72. The first kappa shape index (κ1) is 16.3. The van der Waals surface area contributed by atoms with Gasteiger partial charge in [-0.2, -0.15) is 0 Å². The van der Waals surface area contributed by atoms with Crippen LogP contribution in [0.3, 0.4) is 0 Å². The number of aromatic nitrogens is 1. The number of fused-ring (bicyclic) bond motifs is 2. The molecule has 1 saturated carbocycles. The lowest BCUT2D eigenvalue weighted by molar-refractivity contribution is -0.0999. The van der Waals surface area contributed by atoms with Gasteiger partial charge in [0.25, 0.3) is 0 Å². The van der Waals surface area contributed by atoms with Crippen molar-refractivity contribution in [1.29, 1.82) is 0 Å². The molecule has 1 aliphatic heterocycles. The van der Waals surface area contributed by atoms with E-state index >= 15 is 0 Å². The third-order valence-corrected chi connectivity index (χ3v) is 5.46. The Balaban J connectivity index is 1.29. The van der Waals surface area contributed by atoms with Gasteiger partial charge in [0.15, 0.2) is 0 Å². The van der Waals surface area contributed by atoms with Crippen molar-refractivity contribution < 1.29 is 14.3 Å². The van der Waals surface area contributed by atoms with E-state index in [1.165, 1.54) is 0 Å². The van der Waals surface area contributed by atoms with E-state index in [9.17, 15) is 4.79 Å². The van der Waals surface area contributed by atoms with E-state index < -0.39 is 0 Å². The number of H-pyrrole nitrogens is 1. The van der Waals surface area contributed by atoms with Gasteiger partial charge in [0.1, 0.15) is 5.75 Å². The molecule has 0 spiro atoms. The van der Waals surface area contributed by atoms with E-state index in [4.69, 9.17) is 9.47 Å². The van der Waals surface area contributed by atoms with Crippen LogP contribution in [-0.2, 0) is 11.2 Å². The van der Waals surface area contributed by atoms with Crippen LogP contribution in [0.5, 0.6) is 5.75 Å². The average molecular weight is 343 g/mol. The summed E-state index contributed by atoms with van der Waals surface area (Å²) in [5.41, 5.74) is 2.20. The minimum Gasteiger partial charge on any atom is -0.496 e. The topological polar surface area (TPSA) is 75.4 Å². The first-order valence-electron chi connectivity index (χ1n) is 9.05. The zero-order valence-electron chi connectivity index (χ0n) is 14.5. The molecule has 6 nitrogen and oxygen atoms in total. The van der Waals surface area contributed by atoms with E-state index in [2.05, 4.69) is 15.6 Å². The first-order valence-corrected chi connectivity index (χ1v) is 9.05. The molecule has 1 aliphatic carbocycles. The van der Waals surface area contributed by atoms with E-state index in [1.54, 1.807) is 7.11 Å². The summed E-state index contributed by atoms with van der Waals surface area (Å²) in [5, 5.41) is 7.16. The number of methoxy groups -OCH3 is 1. The molecule has 3 atom stereocenters. The number of carbonyl (C=O) groups is 1. The lowest BCUT2D eigenvalue weighted by Gasteiger charge is -2.47. The Labute approximate surface area is 147 Å². The van der Waals surface area contributed by atoms with Crippen LogP contribution in [0.2, 0.25) is 0 Å². The molecule has 2 aromatic rings. The summed E-state index contributed by atoms with van der Waals surface area (Å²) in [6, 6.07) is 6.13. The van der Waals surface area contributed by atoms with Gasteiger partial charge in [-0.25, -0.2) is 4.79 Å². The number of amides is 2. The largest absolute Gasteiger partial charge is 0.496 e. The molecule has 25 heavy (non-hydrogen) atoms. The van der Waals surface area contributed by atoms with Gasteiger partial charge < -0.3 is 25.1 Å². The molecule has 2 amide bonds. The molecule has 0 unspecified atom stereocenters. The summed E-state index contributed by atoms with van der Waals surface area (Å²) in [7, 11) is 1.68. The van der Waals surface area contributed by atoms with E-state index in [0.717, 1.165) is 54.5 Å². The quantitative estimate of drug-likeness (QED) is 0.781. The van der Waals surface area contributed by atoms with Gasteiger partial charge >= 0.3 is 6.03 Å². The van der Waals surface area contributed by atoms with Crippen LogP contribution < -0.4 is 15.4 Å². The SMILES string of the molecule is COc1cccc2[nH]cc(CCNC(=O)N[C@@H]3C[C@H]4OCCC[C@@H]34)c12. The predicted molar refractivity (Wildman–Crippen MR) is 96.0 cm³/mol. The van der Waals surface area contributed by atoms with Crippen molar-refractivity contribution in [3.05, 3.63) is 30.0 Å². The summed E-state index contributed by atoms with van der Waals surface area (Å²) < 4.78 is 11.1. The van der Waals surface area contributed by atoms with E-state index in [0.29, 0.717) is 18.6 Å². The summed E-state index contributed by atoms with van der Waals surface area (Å²) >= 11 is 0. The number of benzene rings is 1. The number of ether oxygens (including phenoxy) is 2.